The summed E-state index contributed by atoms with van der Waals surface area (Å²) in [5, 5.41) is 8.65. The lowest BCUT2D eigenvalue weighted by Crippen LogP contribution is -2.24. The van der Waals surface area contributed by atoms with Crippen molar-refractivity contribution >= 4 is 5.97 Å². The minimum Gasteiger partial charge on any atom is -0.481 e. The molecule has 0 spiro atoms. The summed E-state index contributed by atoms with van der Waals surface area (Å²) in [7, 11) is 0. The molecular weight excluding hydrogens is 152 g/mol. The van der Waals surface area contributed by atoms with Crippen molar-refractivity contribution in [3.8, 4) is 0 Å². The second kappa shape index (κ2) is 3.46. The van der Waals surface area contributed by atoms with Gasteiger partial charge in [-0.1, -0.05) is 33.1 Å². The summed E-state index contributed by atoms with van der Waals surface area (Å²) in [6, 6.07) is 0. The molecular formula is C10H18O2. The lowest BCUT2D eigenvalue weighted by molar-refractivity contribution is -0.139. The molecule has 0 aromatic heterocycles. The molecule has 0 atom stereocenters. The van der Waals surface area contributed by atoms with Crippen LogP contribution < -0.4 is 0 Å². The van der Waals surface area contributed by atoms with Gasteiger partial charge < -0.3 is 5.11 Å². The van der Waals surface area contributed by atoms with Crippen molar-refractivity contribution in [2.24, 2.45) is 11.3 Å². The van der Waals surface area contributed by atoms with E-state index >= 15 is 0 Å². The van der Waals surface area contributed by atoms with E-state index in [-0.39, 0.29) is 5.41 Å². The van der Waals surface area contributed by atoms with Crippen molar-refractivity contribution < 1.29 is 9.90 Å². The minimum absolute atomic E-state index is 0.00306. The lowest BCUT2D eigenvalue weighted by atomic mass is 9.72. The molecule has 1 fully saturated rings. The summed E-state index contributed by atoms with van der Waals surface area (Å²) >= 11 is 0. The summed E-state index contributed by atoms with van der Waals surface area (Å²) in [4.78, 5) is 10.5. The standard InChI is InChI=1S/C10H18O2/c1-10(2,7-9(11)12)6-8-4-3-5-8/h8H,3-7H2,1-2H3,(H,11,12). The van der Waals surface area contributed by atoms with E-state index in [0.29, 0.717) is 6.42 Å². The first-order chi connectivity index (χ1) is 5.49. The highest BCUT2D eigenvalue weighted by Crippen LogP contribution is 2.38. The Bertz CT molecular complexity index is 169. The molecule has 1 saturated carbocycles. The van der Waals surface area contributed by atoms with Gasteiger partial charge in [-0.25, -0.2) is 0 Å². The van der Waals surface area contributed by atoms with E-state index < -0.39 is 5.97 Å². The molecule has 0 aromatic rings. The number of hydrogen-bond donors (Lipinski definition) is 1. The highest BCUT2D eigenvalue weighted by Gasteiger charge is 2.28. The Morgan fingerprint density at radius 3 is 2.42 bits per heavy atom. The first-order valence-corrected chi connectivity index (χ1v) is 4.71. The van der Waals surface area contributed by atoms with Gasteiger partial charge in [-0.2, -0.15) is 0 Å². The number of carboxylic acids is 1. The highest BCUT2D eigenvalue weighted by atomic mass is 16.4. The molecule has 0 heterocycles. The van der Waals surface area contributed by atoms with Crippen LogP contribution in [0, 0.1) is 11.3 Å². The Morgan fingerprint density at radius 1 is 1.50 bits per heavy atom. The average molecular weight is 170 g/mol. The molecule has 0 aliphatic heterocycles. The molecule has 0 unspecified atom stereocenters. The molecule has 1 rings (SSSR count). The normalized spacial score (nSPS) is 18.8. The third-order valence-electron chi connectivity index (χ3n) is 2.70. The van der Waals surface area contributed by atoms with Gasteiger partial charge >= 0.3 is 5.97 Å². The Kier molecular flexibility index (Phi) is 2.76. The van der Waals surface area contributed by atoms with Crippen LogP contribution in [0.5, 0.6) is 0 Å². The summed E-state index contributed by atoms with van der Waals surface area (Å²) in [5.41, 5.74) is -0.00306. The number of carboxylic acid groups (broad SMARTS) is 1. The van der Waals surface area contributed by atoms with Gasteiger partial charge in [0.05, 0.1) is 6.42 Å². The van der Waals surface area contributed by atoms with E-state index in [1.165, 1.54) is 19.3 Å². The zero-order valence-corrected chi connectivity index (χ0v) is 7.97. The molecule has 1 N–H and O–H groups in total. The van der Waals surface area contributed by atoms with Gasteiger partial charge in [0.15, 0.2) is 0 Å². The zero-order valence-electron chi connectivity index (χ0n) is 7.97. The topological polar surface area (TPSA) is 37.3 Å². The van der Waals surface area contributed by atoms with Gasteiger partial charge in [-0.3, -0.25) is 4.79 Å². The Labute approximate surface area is 74.0 Å². The maximum absolute atomic E-state index is 10.5. The van der Waals surface area contributed by atoms with E-state index in [2.05, 4.69) is 13.8 Å². The van der Waals surface area contributed by atoms with Gasteiger partial charge in [0, 0.05) is 0 Å². The van der Waals surface area contributed by atoms with Crippen molar-refractivity contribution in [3.05, 3.63) is 0 Å². The second-order valence-corrected chi connectivity index (χ2v) is 4.74. The van der Waals surface area contributed by atoms with E-state index in [4.69, 9.17) is 5.11 Å². The van der Waals surface area contributed by atoms with Crippen LogP contribution in [0.4, 0.5) is 0 Å². The fraction of sp³-hybridized carbons (Fsp3) is 0.900. The van der Waals surface area contributed by atoms with Crippen LogP contribution in [0.1, 0.15) is 46.0 Å². The largest absolute Gasteiger partial charge is 0.481 e. The van der Waals surface area contributed by atoms with Gasteiger partial charge in [-0.05, 0) is 17.8 Å². The monoisotopic (exact) mass is 170 g/mol. The molecule has 70 valence electrons. The molecule has 0 amide bonds. The van der Waals surface area contributed by atoms with Gasteiger partial charge in [0.1, 0.15) is 0 Å². The fourth-order valence-corrected chi connectivity index (χ4v) is 1.96. The first-order valence-electron chi connectivity index (χ1n) is 4.71. The number of hydrogen-bond acceptors (Lipinski definition) is 1. The molecule has 2 nitrogen and oxygen atoms in total. The Balaban J connectivity index is 2.30. The van der Waals surface area contributed by atoms with Crippen molar-refractivity contribution in [2.45, 2.75) is 46.0 Å². The predicted molar refractivity (Wildman–Crippen MR) is 48.0 cm³/mol. The fourth-order valence-electron chi connectivity index (χ4n) is 1.96. The van der Waals surface area contributed by atoms with Crippen LogP contribution in [-0.2, 0) is 4.79 Å². The minimum atomic E-state index is -0.667. The summed E-state index contributed by atoms with van der Waals surface area (Å²) in [5.74, 6) is 0.138. The number of carbonyl (C=O) groups is 1. The van der Waals surface area contributed by atoms with Gasteiger partial charge in [0.2, 0.25) is 0 Å². The second-order valence-electron chi connectivity index (χ2n) is 4.74. The lowest BCUT2D eigenvalue weighted by Gasteiger charge is -2.33. The van der Waals surface area contributed by atoms with E-state index in [1.54, 1.807) is 0 Å². The summed E-state index contributed by atoms with van der Waals surface area (Å²) in [6.45, 7) is 4.11. The zero-order chi connectivity index (χ0) is 9.19. The van der Waals surface area contributed by atoms with E-state index in [9.17, 15) is 4.79 Å². The van der Waals surface area contributed by atoms with Crippen LogP contribution in [0.15, 0.2) is 0 Å². The number of aliphatic carboxylic acids is 1. The van der Waals surface area contributed by atoms with Crippen LogP contribution in [-0.4, -0.2) is 11.1 Å². The molecule has 12 heavy (non-hydrogen) atoms. The molecule has 1 aliphatic rings. The van der Waals surface area contributed by atoms with Crippen molar-refractivity contribution in [3.63, 3.8) is 0 Å². The van der Waals surface area contributed by atoms with Crippen LogP contribution in [0.3, 0.4) is 0 Å². The summed E-state index contributed by atoms with van der Waals surface area (Å²) in [6.07, 6.45) is 5.35. The molecule has 0 saturated heterocycles. The van der Waals surface area contributed by atoms with E-state index in [0.717, 1.165) is 12.3 Å². The van der Waals surface area contributed by atoms with E-state index in [1.807, 2.05) is 0 Å². The first kappa shape index (κ1) is 9.56. The Morgan fingerprint density at radius 2 is 2.08 bits per heavy atom. The third kappa shape index (κ3) is 2.84. The smallest absolute Gasteiger partial charge is 0.303 e. The van der Waals surface area contributed by atoms with Gasteiger partial charge in [0.25, 0.3) is 0 Å². The molecule has 2 heteroatoms. The van der Waals surface area contributed by atoms with Crippen LogP contribution in [0.2, 0.25) is 0 Å². The quantitative estimate of drug-likeness (QED) is 0.704. The van der Waals surface area contributed by atoms with Crippen molar-refractivity contribution in [2.75, 3.05) is 0 Å². The Hall–Kier alpha value is -0.530. The summed E-state index contributed by atoms with van der Waals surface area (Å²) < 4.78 is 0. The maximum atomic E-state index is 10.5. The predicted octanol–water partition coefficient (Wildman–Crippen LogP) is 2.68. The number of rotatable bonds is 4. The van der Waals surface area contributed by atoms with Crippen molar-refractivity contribution in [1.82, 2.24) is 0 Å². The van der Waals surface area contributed by atoms with Crippen molar-refractivity contribution in [1.29, 1.82) is 0 Å². The molecule has 1 aliphatic carbocycles. The molecule has 0 aromatic carbocycles. The third-order valence-corrected chi connectivity index (χ3v) is 2.70. The van der Waals surface area contributed by atoms with Crippen LogP contribution >= 0.6 is 0 Å². The van der Waals surface area contributed by atoms with Gasteiger partial charge in [-0.15, -0.1) is 0 Å². The maximum Gasteiger partial charge on any atom is 0.303 e. The SMILES string of the molecule is CC(C)(CC(=O)O)CC1CCC1. The highest BCUT2D eigenvalue weighted by molar-refractivity contribution is 5.67. The average Bonchev–Trinajstić information content (AvgIpc) is 1.76. The molecule has 0 radical (unpaired) electrons. The molecule has 0 bridgehead atoms. The van der Waals surface area contributed by atoms with Crippen LogP contribution in [0.25, 0.3) is 0 Å².